The fraction of sp³-hybridized carbons (Fsp3) is 0.333. The molecule has 1 saturated heterocycles. The van der Waals surface area contributed by atoms with Gasteiger partial charge in [-0.05, 0) is 52.9 Å². The van der Waals surface area contributed by atoms with Gasteiger partial charge in [-0.25, -0.2) is 4.98 Å². The van der Waals surface area contributed by atoms with Gasteiger partial charge in [0.15, 0.2) is 5.65 Å². The molecule has 9 heteroatoms. The smallest absolute Gasteiger partial charge is 0.172 e. The quantitative estimate of drug-likeness (QED) is 0.369. The lowest BCUT2D eigenvalue weighted by atomic mass is 9.96. The Bertz CT molecular complexity index is 1260. The average Bonchev–Trinajstić information content (AvgIpc) is 3.43. The van der Waals surface area contributed by atoms with E-state index in [-0.39, 0.29) is 0 Å². The number of rotatable bonds is 6. The highest BCUT2D eigenvalue weighted by Gasteiger charge is 2.26. The van der Waals surface area contributed by atoms with E-state index in [1.165, 1.54) is 0 Å². The van der Waals surface area contributed by atoms with Gasteiger partial charge in [-0.15, -0.1) is 0 Å². The molecule has 33 heavy (non-hydrogen) atoms. The van der Waals surface area contributed by atoms with Crippen LogP contribution in [0.15, 0.2) is 59.3 Å². The van der Waals surface area contributed by atoms with E-state index in [4.69, 9.17) is 16.6 Å². The van der Waals surface area contributed by atoms with Crippen LogP contribution in [-0.4, -0.2) is 48.8 Å². The molecule has 4 aromatic rings. The minimum absolute atomic E-state index is 0.507. The number of benzene rings is 1. The predicted molar refractivity (Wildman–Crippen MR) is 134 cm³/mol. The topological polar surface area (TPSA) is 70.6 Å². The van der Waals surface area contributed by atoms with Gasteiger partial charge in [-0.1, -0.05) is 29.8 Å². The number of fused-ring (bicyclic) bond motifs is 1. The molecule has 0 radical (unpaired) electrons. The molecule has 1 atom stereocenters. The Balaban J connectivity index is 1.29. The molecule has 1 fully saturated rings. The van der Waals surface area contributed by atoms with Crippen molar-refractivity contribution in [3.63, 3.8) is 0 Å². The third-order valence-corrected chi connectivity index (χ3v) is 7.28. The van der Waals surface area contributed by atoms with E-state index in [2.05, 4.69) is 31.2 Å². The van der Waals surface area contributed by atoms with E-state index >= 15 is 0 Å². The van der Waals surface area contributed by atoms with E-state index in [0.717, 1.165) is 65.4 Å². The summed E-state index contributed by atoms with van der Waals surface area (Å²) < 4.78 is 4.63. The number of aryl methyl sites for hydroxylation is 1. The second-order valence-corrected chi connectivity index (χ2v) is 9.77. The number of piperidine rings is 1. The number of nitrogens with zero attached hydrogens (tertiary/aromatic N) is 5. The van der Waals surface area contributed by atoms with Crippen LogP contribution in [0.25, 0.3) is 16.9 Å². The van der Waals surface area contributed by atoms with Gasteiger partial charge in [0.25, 0.3) is 0 Å². The molecule has 0 amide bonds. The largest absolute Gasteiger partial charge is 0.373 e. The number of hydrogen-bond acceptors (Lipinski definition) is 5. The Morgan fingerprint density at radius 2 is 2.00 bits per heavy atom. The fourth-order valence-corrected chi connectivity index (χ4v) is 5.03. The number of aromatic nitrogens is 4. The number of nitrogens with one attached hydrogen (secondary N) is 1. The summed E-state index contributed by atoms with van der Waals surface area (Å²) in [5, 5.41) is 19.5. The van der Waals surface area contributed by atoms with Crippen molar-refractivity contribution in [2.75, 3.05) is 25.0 Å². The molecule has 1 unspecified atom stereocenters. The van der Waals surface area contributed by atoms with Gasteiger partial charge in [0.05, 0.1) is 22.1 Å². The van der Waals surface area contributed by atoms with Crippen LogP contribution in [0, 0.1) is 5.92 Å². The highest BCUT2D eigenvalue weighted by Crippen LogP contribution is 2.31. The van der Waals surface area contributed by atoms with Gasteiger partial charge in [0, 0.05) is 49.5 Å². The Morgan fingerprint density at radius 3 is 2.73 bits per heavy atom. The molecule has 0 bridgehead atoms. The first-order valence-electron chi connectivity index (χ1n) is 11.1. The van der Waals surface area contributed by atoms with Crippen molar-refractivity contribution in [3.05, 3.63) is 70.0 Å². The molecule has 4 heterocycles. The third-order valence-electron chi connectivity index (χ3n) is 6.39. The monoisotopic (exact) mass is 528 g/mol. The molecule has 0 aliphatic carbocycles. The van der Waals surface area contributed by atoms with Crippen LogP contribution in [0.4, 0.5) is 5.82 Å². The van der Waals surface area contributed by atoms with Crippen LogP contribution < -0.4 is 5.32 Å². The van der Waals surface area contributed by atoms with Crippen LogP contribution in [-0.2, 0) is 7.05 Å². The van der Waals surface area contributed by atoms with Crippen LogP contribution in [0.2, 0.25) is 5.02 Å². The number of anilines is 1. The summed E-state index contributed by atoms with van der Waals surface area (Å²) in [5.41, 5.74) is 3.37. The molecular formula is C24H26BrClN6O. The van der Waals surface area contributed by atoms with Crippen molar-refractivity contribution in [3.8, 4) is 11.3 Å². The van der Waals surface area contributed by atoms with Gasteiger partial charge in [0.2, 0.25) is 0 Å². The molecule has 1 aliphatic rings. The maximum Gasteiger partial charge on any atom is 0.172 e. The van der Waals surface area contributed by atoms with E-state index in [1.807, 2.05) is 64.8 Å². The zero-order chi connectivity index (χ0) is 22.9. The highest BCUT2D eigenvalue weighted by atomic mass is 79.9. The minimum Gasteiger partial charge on any atom is -0.373 e. The minimum atomic E-state index is -0.557. The molecule has 172 valence electrons. The first-order valence-corrected chi connectivity index (χ1v) is 12.2. The Morgan fingerprint density at radius 1 is 1.21 bits per heavy atom. The van der Waals surface area contributed by atoms with Gasteiger partial charge in [-0.3, -0.25) is 4.90 Å². The lowest BCUT2D eigenvalue weighted by Gasteiger charge is -2.35. The SMILES string of the molecule is Cn1cccc1C(O)N1CCC(CNc2cc(-c3ccccc3Cl)nc3c(Br)cnn23)CC1. The Kier molecular flexibility index (Phi) is 6.42. The first-order chi connectivity index (χ1) is 16.0. The Labute approximate surface area is 206 Å². The fourth-order valence-electron chi connectivity index (χ4n) is 4.45. The lowest BCUT2D eigenvalue weighted by Crippen LogP contribution is -2.39. The number of hydrogen-bond donors (Lipinski definition) is 2. The summed E-state index contributed by atoms with van der Waals surface area (Å²) in [6.45, 7) is 2.55. The van der Waals surface area contributed by atoms with E-state index in [1.54, 1.807) is 6.20 Å². The normalized spacial score (nSPS) is 16.4. The van der Waals surface area contributed by atoms with Crippen molar-refractivity contribution in [2.45, 2.75) is 19.1 Å². The zero-order valence-corrected chi connectivity index (χ0v) is 20.7. The standard InChI is InChI=1S/C24H26BrClN6O/c1-30-10-4-7-21(30)24(33)31-11-8-16(9-12-31)14-27-22-13-20(17-5-2-3-6-19(17)26)29-23-18(25)15-28-32(22)23/h2-7,10,13,15-16,24,27,33H,8-9,11-12,14H2,1H3. The van der Waals surface area contributed by atoms with Gasteiger partial charge in [0.1, 0.15) is 12.0 Å². The number of aliphatic hydroxyl groups is 1. The van der Waals surface area contributed by atoms with Crippen LogP contribution in [0.1, 0.15) is 24.8 Å². The Hall–Kier alpha value is -2.39. The highest BCUT2D eigenvalue weighted by molar-refractivity contribution is 9.10. The molecule has 2 N–H and O–H groups in total. The zero-order valence-electron chi connectivity index (χ0n) is 18.3. The molecular weight excluding hydrogens is 504 g/mol. The predicted octanol–water partition coefficient (Wildman–Crippen LogP) is 4.97. The second kappa shape index (κ2) is 9.46. The van der Waals surface area contributed by atoms with Crippen LogP contribution in [0.3, 0.4) is 0 Å². The molecule has 3 aromatic heterocycles. The molecule has 1 aliphatic heterocycles. The summed E-state index contributed by atoms with van der Waals surface area (Å²) in [6.07, 6.45) is 5.20. The van der Waals surface area contributed by atoms with Crippen molar-refractivity contribution < 1.29 is 5.11 Å². The summed E-state index contributed by atoms with van der Waals surface area (Å²) in [5.74, 6) is 1.39. The van der Waals surface area contributed by atoms with Crippen molar-refractivity contribution >= 4 is 39.0 Å². The maximum atomic E-state index is 10.7. The van der Waals surface area contributed by atoms with E-state index in [9.17, 15) is 5.11 Å². The summed E-state index contributed by atoms with van der Waals surface area (Å²) in [7, 11) is 1.97. The van der Waals surface area contributed by atoms with Crippen LogP contribution >= 0.6 is 27.5 Å². The van der Waals surface area contributed by atoms with Gasteiger partial charge < -0.3 is 15.0 Å². The average molecular weight is 530 g/mol. The van der Waals surface area contributed by atoms with Crippen LogP contribution in [0.5, 0.6) is 0 Å². The van der Waals surface area contributed by atoms with Crippen molar-refractivity contribution in [1.82, 2.24) is 24.1 Å². The maximum absolute atomic E-state index is 10.7. The van der Waals surface area contributed by atoms with Gasteiger partial charge >= 0.3 is 0 Å². The van der Waals surface area contributed by atoms with Crippen molar-refractivity contribution in [2.24, 2.45) is 13.0 Å². The van der Waals surface area contributed by atoms with Crippen molar-refractivity contribution in [1.29, 1.82) is 0 Å². The molecule has 0 saturated carbocycles. The van der Waals surface area contributed by atoms with E-state index < -0.39 is 6.23 Å². The molecule has 1 aromatic carbocycles. The second-order valence-electron chi connectivity index (χ2n) is 8.51. The summed E-state index contributed by atoms with van der Waals surface area (Å²) >= 11 is 10.00. The molecule has 5 rings (SSSR count). The first kappa shape index (κ1) is 22.4. The number of aliphatic hydroxyl groups excluding tert-OH is 1. The summed E-state index contributed by atoms with van der Waals surface area (Å²) in [6, 6.07) is 13.7. The number of halogens is 2. The third kappa shape index (κ3) is 4.53. The van der Waals surface area contributed by atoms with Gasteiger partial charge in [-0.2, -0.15) is 9.61 Å². The molecule has 0 spiro atoms. The lowest BCUT2D eigenvalue weighted by molar-refractivity contribution is -0.0224. The van der Waals surface area contributed by atoms with E-state index in [0.29, 0.717) is 10.9 Å². The summed E-state index contributed by atoms with van der Waals surface area (Å²) in [4.78, 5) is 6.92. The molecule has 7 nitrogen and oxygen atoms in total. The number of likely N-dealkylation sites (tertiary alicyclic amines) is 1.